The van der Waals surface area contributed by atoms with Gasteiger partial charge in [0.25, 0.3) is 4.87 Å². The lowest BCUT2D eigenvalue weighted by Crippen LogP contribution is -2.25. The summed E-state index contributed by atoms with van der Waals surface area (Å²) in [5, 5.41) is 2.71. The third-order valence-electron chi connectivity index (χ3n) is 3.66. The molecule has 0 spiro atoms. The van der Waals surface area contributed by atoms with Gasteiger partial charge in [0, 0.05) is 19.4 Å². The highest BCUT2D eigenvalue weighted by Gasteiger charge is 2.34. The number of benzene rings is 1. The minimum Gasteiger partial charge on any atom is -0.434 e. The highest BCUT2D eigenvalue weighted by Crippen LogP contribution is 2.35. The maximum Gasteiger partial charge on any atom is 0.345 e. The van der Waals surface area contributed by atoms with Crippen molar-refractivity contribution in [2.45, 2.75) is 33.2 Å². The number of urea groups is 1. The quantitative estimate of drug-likeness (QED) is 0.918. The van der Waals surface area contributed by atoms with Crippen molar-refractivity contribution in [3.63, 3.8) is 0 Å². The monoisotopic (exact) mass is 330 g/mol. The van der Waals surface area contributed by atoms with Crippen LogP contribution in [0.3, 0.4) is 0 Å². The fourth-order valence-corrected chi connectivity index (χ4v) is 3.46. The average Bonchev–Trinajstić information content (AvgIpc) is 2.87. The summed E-state index contributed by atoms with van der Waals surface area (Å²) in [6, 6.07) is 9.12. The molecule has 2 amide bonds. The Balaban J connectivity index is 1.73. The lowest BCUT2D eigenvalue weighted by Gasteiger charge is -2.26. The number of ketones is 1. The molecule has 0 unspecified atom stereocenters. The largest absolute Gasteiger partial charge is 0.434 e. The molecular formula is C17H18N2O3S. The van der Waals surface area contributed by atoms with Gasteiger partial charge in [0.1, 0.15) is 10.6 Å². The Bertz CT molecular complexity index is 803. The molecule has 1 aliphatic rings. The number of nitrogens with zero attached hydrogens (tertiary/aromatic N) is 1. The molecule has 0 saturated carbocycles. The Morgan fingerprint density at radius 2 is 2.04 bits per heavy atom. The third kappa shape index (κ3) is 3.76. The van der Waals surface area contributed by atoms with Crippen LogP contribution < -0.4 is 10.2 Å². The summed E-state index contributed by atoms with van der Waals surface area (Å²) in [6.45, 7) is 4.47. The maximum absolute atomic E-state index is 12.1. The Kier molecular flexibility index (Phi) is 4.17. The first-order valence-corrected chi connectivity index (χ1v) is 8.27. The number of carbonyl (C=O) groups excluding carboxylic acids is 2. The molecule has 0 atom stereocenters. The molecule has 5 nitrogen and oxygen atoms in total. The molecule has 120 valence electrons. The minimum atomic E-state index is -0.470. The molecule has 1 aromatic carbocycles. The Hall–Kier alpha value is -2.21. The van der Waals surface area contributed by atoms with Crippen molar-refractivity contribution in [1.29, 1.82) is 0 Å². The van der Waals surface area contributed by atoms with Crippen molar-refractivity contribution in [3.8, 4) is 0 Å². The molecular weight excluding hydrogens is 312 g/mol. The van der Waals surface area contributed by atoms with Crippen LogP contribution in [0.25, 0.3) is 0 Å². The number of hydrogen-bond donors (Lipinski definition) is 1. The van der Waals surface area contributed by atoms with Crippen molar-refractivity contribution in [1.82, 2.24) is 5.32 Å². The van der Waals surface area contributed by atoms with Crippen molar-refractivity contribution in [2.75, 3.05) is 0 Å². The third-order valence-corrected chi connectivity index (χ3v) is 4.67. The lowest BCUT2D eigenvalue weighted by molar-refractivity contribution is 0.0906. The van der Waals surface area contributed by atoms with E-state index in [1.54, 1.807) is 0 Å². The second-order valence-electron chi connectivity index (χ2n) is 6.42. The Labute approximate surface area is 138 Å². The van der Waals surface area contributed by atoms with E-state index >= 15 is 0 Å². The van der Waals surface area contributed by atoms with Gasteiger partial charge >= 0.3 is 6.03 Å². The van der Waals surface area contributed by atoms with Gasteiger partial charge in [0.15, 0.2) is 5.78 Å². The van der Waals surface area contributed by atoms with Crippen LogP contribution in [-0.2, 0) is 13.0 Å². The van der Waals surface area contributed by atoms with E-state index in [-0.39, 0.29) is 16.1 Å². The van der Waals surface area contributed by atoms with Crippen molar-refractivity contribution in [2.24, 2.45) is 10.4 Å². The van der Waals surface area contributed by atoms with E-state index < -0.39 is 6.03 Å². The lowest BCUT2D eigenvalue weighted by atomic mass is 9.78. The van der Waals surface area contributed by atoms with Crippen LogP contribution in [0.5, 0.6) is 0 Å². The SMILES string of the molecule is CC1(C)CC(=O)c2s/c(=N\C(=O)NCc3ccccc3)oc2C1. The van der Waals surface area contributed by atoms with Crippen molar-refractivity contribution in [3.05, 3.63) is 51.4 Å². The van der Waals surface area contributed by atoms with Gasteiger partial charge in [-0.2, -0.15) is 0 Å². The van der Waals surface area contributed by atoms with E-state index in [9.17, 15) is 9.59 Å². The molecule has 1 N–H and O–H groups in total. The molecule has 0 aliphatic heterocycles. The molecule has 23 heavy (non-hydrogen) atoms. The van der Waals surface area contributed by atoms with Gasteiger partial charge in [-0.1, -0.05) is 55.5 Å². The number of carbonyl (C=O) groups is 2. The van der Waals surface area contributed by atoms with Crippen molar-refractivity contribution < 1.29 is 14.0 Å². The number of nitrogens with one attached hydrogen (secondary N) is 1. The zero-order chi connectivity index (χ0) is 16.4. The van der Waals surface area contributed by atoms with Gasteiger partial charge in [-0.25, -0.2) is 4.79 Å². The maximum atomic E-state index is 12.1. The van der Waals surface area contributed by atoms with Crippen LogP contribution in [0.2, 0.25) is 0 Å². The Morgan fingerprint density at radius 3 is 2.78 bits per heavy atom. The first kappa shape index (κ1) is 15.7. The van der Waals surface area contributed by atoms with Crippen LogP contribution >= 0.6 is 11.3 Å². The van der Waals surface area contributed by atoms with Crippen LogP contribution in [0.1, 0.15) is 41.3 Å². The first-order valence-electron chi connectivity index (χ1n) is 7.45. The molecule has 1 heterocycles. The first-order chi connectivity index (χ1) is 10.9. The summed E-state index contributed by atoms with van der Waals surface area (Å²) < 4.78 is 5.61. The molecule has 1 aromatic heterocycles. The number of Topliss-reactive ketones (excluding diaryl/α,β-unsaturated/α-hetero) is 1. The zero-order valence-corrected chi connectivity index (χ0v) is 13.9. The fourth-order valence-electron chi connectivity index (χ4n) is 2.60. The van der Waals surface area contributed by atoms with E-state index in [4.69, 9.17) is 4.42 Å². The molecule has 0 fully saturated rings. The number of amides is 2. The average molecular weight is 330 g/mol. The number of rotatable bonds is 2. The topological polar surface area (TPSA) is 71.7 Å². The van der Waals surface area contributed by atoms with Gasteiger partial charge in [-0.05, 0) is 11.0 Å². The summed E-state index contributed by atoms with van der Waals surface area (Å²) >= 11 is 1.15. The van der Waals surface area contributed by atoms with Crippen LogP contribution in [-0.4, -0.2) is 11.8 Å². The predicted molar refractivity (Wildman–Crippen MR) is 87.3 cm³/mol. The number of fused-ring (bicyclic) bond motifs is 1. The molecule has 1 aliphatic carbocycles. The van der Waals surface area contributed by atoms with E-state index in [1.807, 2.05) is 44.2 Å². The standard InChI is InChI=1S/C17H18N2O3S/c1-17(2)8-12(20)14-13(9-17)22-16(23-14)19-15(21)18-10-11-6-4-3-5-7-11/h3-7H,8-10H2,1-2H3,(H,18,21)/b19-16-. The summed E-state index contributed by atoms with van der Waals surface area (Å²) in [5.74, 6) is 0.710. The summed E-state index contributed by atoms with van der Waals surface area (Å²) in [5.41, 5.74) is 0.886. The van der Waals surface area contributed by atoms with Crippen LogP contribution in [0.4, 0.5) is 4.79 Å². The highest BCUT2D eigenvalue weighted by molar-refractivity contribution is 7.11. The van der Waals surface area contributed by atoms with Gasteiger partial charge in [-0.15, -0.1) is 4.99 Å². The summed E-state index contributed by atoms with van der Waals surface area (Å²) in [6.07, 6.45) is 1.18. The highest BCUT2D eigenvalue weighted by atomic mass is 32.1. The summed E-state index contributed by atoms with van der Waals surface area (Å²) in [7, 11) is 0. The second kappa shape index (κ2) is 6.12. The van der Waals surface area contributed by atoms with Crippen LogP contribution in [0, 0.1) is 5.41 Å². The van der Waals surface area contributed by atoms with E-state index in [2.05, 4.69) is 10.3 Å². The van der Waals surface area contributed by atoms with Gasteiger partial charge in [-0.3, -0.25) is 4.79 Å². The van der Waals surface area contributed by atoms with E-state index in [1.165, 1.54) is 0 Å². The molecule has 0 bridgehead atoms. The normalized spacial score (nSPS) is 17.0. The van der Waals surface area contributed by atoms with E-state index in [0.717, 1.165) is 16.9 Å². The minimum absolute atomic E-state index is 0.0659. The molecule has 3 rings (SSSR count). The molecule has 0 saturated heterocycles. The predicted octanol–water partition coefficient (Wildman–Crippen LogP) is 3.31. The summed E-state index contributed by atoms with van der Waals surface area (Å²) in [4.78, 5) is 28.7. The molecule has 2 aromatic rings. The van der Waals surface area contributed by atoms with Crippen LogP contribution in [0.15, 0.2) is 39.7 Å². The van der Waals surface area contributed by atoms with Crippen molar-refractivity contribution >= 4 is 23.2 Å². The van der Waals surface area contributed by atoms with E-state index in [0.29, 0.717) is 30.0 Å². The second-order valence-corrected chi connectivity index (χ2v) is 7.38. The zero-order valence-electron chi connectivity index (χ0n) is 13.1. The smallest absolute Gasteiger partial charge is 0.345 e. The van der Waals surface area contributed by atoms with Gasteiger partial charge in [0.2, 0.25) is 0 Å². The Morgan fingerprint density at radius 1 is 1.30 bits per heavy atom. The van der Waals surface area contributed by atoms with Gasteiger partial charge in [0.05, 0.1) is 0 Å². The van der Waals surface area contributed by atoms with Gasteiger partial charge < -0.3 is 9.73 Å². The molecule has 0 radical (unpaired) electrons. The molecule has 6 heteroatoms. The number of hydrogen-bond acceptors (Lipinski definition) is 4. The fraction of sp³-hybridized carbons (Fsp3) is 0.353.